The zero-order chi connectivity index (χ0) is 16.9. The molecular weight excluding hydrogens is 306 g/mol. The van der Waals surface area contributed by atoms with Gasteiger partial charge in [-0.15, -0.1) is 0 Å². The van der Waals surface area contributed by atoms with Gasteiger partial charge in [0.15, 0.2) is 0 Å². The molecule has 130 valence electrons. The Hall–Kier alpha value is -2.04. The van der Waals surface area contributed by atoms with Crippen molar-refractivity contribution in [3.8, 4) is 5.75 Å². The number of ether oxygens (including phenoxy) is 1. The summed E-state index contributed by atoms with van der Waals surface area (Å²) in [5, 5.41) is 9.04. The van der Waals surface area contributed by atoms with Crippen molar-refractivity contribution < 1.29 is 19.4 Å². The van der Waals surface area contributed by atoms with Crippen LogP contribution in [0.3, 0.4) is 0 Å². The van der Waals surface area contributed by atoms with Gasteiger partial charge in [-0.1, -0.05) is 18.2 Å². The monoisotopic (exact) mass is 331 g/mol. The summed E-state index contributed by atoms with van der Waals surface area (Å²) in [6.07, 6.45) is 4.58. The van der Waals surface area contributed by atoms with Gasteiger partial charge in [-0.3, -0.25) is 9.59 Å². The van der Waals surface area contributed by atoms with E-state index in [2.05, 4.69) is 0 Å². The van der Waals surface area contributed by atoms with Gasteiger partial charge in [0.1, 0.15) is 11.9 Å². The molecule has 1 aliphatic carbocycles. The number of carboxylic acids is 1. The summed E-state index contributed by atoms with van der Waals surface area (Å²) in [7, 11) is 0. The van der Waals surface area contributed by atoms with Crippen molar-refractivity contribution >= 4 is 11.9 Å². The second-order valence-electron chi connectivity index (χ2n) is 6.94. The topological polar surface area (TPSA) is 66.8 Å². The molecule has 1 unspecified atom stereocenters. The smallest absolute Gasteiger partial charge is 0.306 e. The fourth-order valence-electron chi connectivity index (χ4n) is 3.73. The molecule has 24 heavy (non-hydrogen) atoms. The average molecular weight is 331 g/mol. The highest BCUT2D eigenvalue weighted by Crippen LogP contribution is 2.31. The number of carbonyl (C=O) groups excluding carboxylic acids is 1. The van der Waals surface area contributed by atoms with E-state index < -0.39 is 5.97 Å². The third-order valence-electron chi connectivity index (χ3n) is 5.20. The Labute approximate surface area is 142 Å². The van der Waals surface area contributed by atoms with Crippen LogP contribution in [0.1, 0.15) is 38.5 Å². The van der Waals surface area contributed by atoms with Crippen LogP contribution >= 0.6 is 0 Å². The van der Waals surface area contributed by atoms with Crippen LogP contribution in [0.25, 0.3) is 0 Å². The molecule has 2 fully saturated rings. The fourth-order valence-corrected chi connectivity index (χ4v) is 3.73. The van der Waals surface area contributed by atoms with Crippen molar-refractivity contribution in [2.45, 2.75) is 44.6 Å². The molecule has 1 N–H and O–H groups in total. The number of carboxylic acid groups (broad SMARTS) is 1. The Bertz CT molecular complexity index is 566. The molecule has 1 aromatic carbocycles. The van der Waals surface area contributed by atoms with Crippen LogP contribution in [0.2, 0.25) is 0 Å². The molecule has 0 radical (unpaired) electrons. The summed E-state index contributed by atoms with van der Waals surface area (Å²) in [6.45, 7) is 1.40. The Morgan fingerprint density at radius 2 is 1.79 bits per heavy atom. The van der Waals surface area contributed by atoms with Crippen LogP contribution in [0.5, 0.6) is 5.75 Å². The number of likely N-dealkylation sites (tertiary alicyclic amines) is 1. The lowest BCUT2D eigenvalue weighted by molar-refractivity contribution is -0.143. The molecule has 5 nitrogen and oxygen atoms in total. The van der Waals surface area contributed by atoms with E-state index in [0.717, 1.165) is 31.6 Å². The van der Waals surface area contributed by atoms with E-state index in [-0.39, 0.29) is 17.9 Å². The van der Waals surface area contributed by atoms with Crippen molar-refractivity contribution in [3.05, 3.63) is 30.3 Å². The molecule has 1 atom stereocenters. The highest BCUT2D eigenvalue weighted by Gasteiger charge is 2.31. The summed E-state index contributed by atoms with van der Waals surface area (Å²) < 4.78 is 5.93. The average Bonchev–Trinajstić information content (AvgIpc) is 3.05. The summed E-state index contributed by atoms with van der Waals surface area (Å²) >= 11 is 0. The molecule has 1 saturated carbocycles. The van der Waals surface area contributed by atoms with E-state index in [0.29, 0.717) is 31.7 Å². The van der Waals surface area contributed by atoms with Gasteiger partial charge in [-0.05, 0) is 43.7 Å². The molecule has 1 heterocycles. The fraction of sp³-hybridized carbons (Fsp3) is 0.579. The number of hydrogen-bond acceptors (Lipinski definition) is 3. The van der Waals surface area contributed by atoms with Crippen LogP contribution in [-0.4, -0.2) is 41.1 Å². The number of carbonyl (C=O) groups is 2. The van der Waals surface area contributed by atoms with E-state index in [1.54, 1.807) is 0 Å². The molecule has 0 bridgehead atoms. The normalized spacial score (nSPS) is 27.0. The second kappa shape index (κ2) is 7.69. The van der Waals surface area contributed by atoms with Gasteiger partial charge in [0.25, 0.3) is 0 Å². The predicted octanol–water partition coefficient (Wildman–Crippen LogP) is 2.95. The summed E-state index contributed by atoms with van der Waals surface area (Å²) in [5.74, 6) is 0.464. The molecule has 1 aromatic rings. The van der Waals surface area contributed by atoms with E-state index in [1.807, 2.05) is 35.2 Å². The van der Waals surface area contributed by atoms with Crippen LogP contribution in [-0.2, 0) is 9.59 Å². The maximum absolute atomic E-state index is 12.5. The summed E-state index contributed by atoms with van der Waals surface area (Å²) in [5.41, 5.74) is 0. The molecular formula is C19H25NO4. The number of amides is 1. The van der Waals surface area contributed by atoms with Crippen molar-refractivity contribution in [2.75, 3.05) is 13.1 Å². The maximum Gasteiger partial charge on any atom is 0.306 e. The minimum Gasteiger partial charge on any atom is -0.489 e. The first-order valence-electron chi connectivity index (χ1n) is 8.84. The second-order valence-corrected chi connectivity index (χ2v) is 6.94. The molecule has 1 aliphatic heterocycles. The van der Waals surface area contributed by atoms with Gasteiger partial charge in [-0.25, -0.2) is 0 Å². The third kappa shape index (κ3) is 4.28. The van der Waals surface area contributed by atoms with Gasteiger partial charge < -0.3 is 14.7 Å². The van der Waals surface area contributed by atoms with Crippen molar-refractivity contribution in [1.82, 2.24) is 4.90 Å². The number of rotatable bonds is 5. The number of benzene rings is 1. The Morgan fingerprint density at radius 1 is 1.08 bits per heavy atom. The summed E-state index contributed by atoms with van der Waals surface area (Å²) in [6, 6.07) is 9.72. The Morgan fingerprint density at radius 3 is 2.46 bits per heavy atom. The Balaban J connectivity index is 1.43. The van der Waals surface area contributed by atoms with Gasteiger partial charge in [0, 0.05) is 19.4 Å². The largest absolute Gasteiger partial charge is 0.489 e. The molecule has 0 spiro atoms. The van der Waals surface area contributed by atoms with E-state index in [4.69, 9.17) is 9.84 Å². The number of aliphatic carboxylic acids is 1. The van der Waals surface area contributed by atoms with Crippen LogP contribution in [0, 0.1) is 11.8 Å². The molecule has 5 heteroatoms. The SMILES string of the molecule is O=C(O)C1CCC(CC(=O)N2CCC(Oc3ccccc3)C2)CC1. The number of nitrogens with zero attached hydrogens (tertiary/aromatic N) is 1. The lowest BCUT2D eigenvalue weighted by atomic mass is 9.80. The minimum absolute atomic E-state index is 0.0686. The van der Waals surface area contributed by atoms with Gasteiger partial charge in [0.05, 0.1) is 12.5 Å². The van der Waals surface area contributed by atoms with Gasteiger partial charge in [-0.2, -0.15) is 0 Å². The first-order chi connectivity index (χ1) is 11.6. The number of hydrogen-bond donors (Lipinski definition) is 1. The first kappa shape index (κ1) is 16.8. The lowest BCUT2D eigenvalue weighted by Crippen LogP contribution is -2.33. The van der Waals surface area contributed by atoms with E-state index in [1.165, 1.54) is 0 Å². The third-order valence-corrected chi connectivity index (χ3v) is 5.20. The summed E-state index contributed by atoms with van der Waals surface area (Å²) in [4.78, 5) is 25.4. The van der Waals surface area contributed by atoms with Crippen molar-refractivity contribution in [2.24, 2.45) is 11.8 Å². The minimum atomic E-state index is -0.694. The first-order valence-corrected chi connectivity index (χ1v) is 8.84. The molecule has 3 rings (SSSR count). The zero-order valence-corrected chi connectivity index (χ0v) is 13.9. The molecule has 1 amide bonds. The van der Waals surface area contributed by atoms with Crippen molar-refractivity contribution in [3.63, 3.8) is 0 Å². The standard InChI is InChI=1S/C19H25NO4/c21-18(12-14-6-8-15(9-7-14)19(22)23)20-11-10-17(13-20)24-16-4-2-1-3-5-16/h1-5,14-15,17H,6-13H2,(H,22,23). The molecule has 2 aliphatic rings. The lowest BCUT2D eigenvalue weighted by Gasteiger charge is -2.27. The Kier molecular flexibility index (Phi) is 5.38. The van der Waals surface area contributed by atoms with Crippen LogP contribution in [0.4, 0.5) is 0 Å². The highest BCUT2D eigenvalue weighted by molar-refractivity contribution is 5.77. The van der Waals surface area contributed by atoms with E-state index in [9.17, 15) is 9.59 Å². The zero-order valence-electron chi connectivity index (χ0n) is 13.9. The highest BCUT2D eigenvalue weighted by atomic mass is 16.5. The van der Waals surface area contributed by atoms with E-state index >= 15 is 0 Å². The predicted molar refractivity (Wildman–Crippen MR) is 89.8 cm³/mol. The number of para-hydroxylation sites is 1. The maximum atomic E-state index is 12.5. The molecule has 0 aromatic heterocycles. The van der Waals surface area contributed by atoms with Crippen molar-refractivity contribution in [1.29, 1.82) is 0 Å². The van der Waals surface area contributed by atoms with Crippen LogP contribution < -0.4 is 4.74 Å². The van der Waals surface area contributed by atoms with Gasteiger partial charge >= 0.3 is 5.97 Å². The van der Waals surface area contributed by atoms with Gasteiger partial charge in [0.2, 0.25) is 5.91 Å². The molecule has 1 saturated heterocycles. The van der Waals surface area contributed by atoms with Crippen LogP contribution in [0.15, 0.2) is 30.3 Å². The quantitative estimate of drug-likeness (QED) is 0.901.